The van der Waals surface area contributed by atoms with E-state index in [1.807, 2.05) is 20.8 Å². The van der Waals surface area contributed by atoms with Crippen molar-refractivity contribution in [2.24, 2.45) is 28.6 Å². The maximum Gasteiger partial charge on any atom is 0.313 e. The zero-order valence-corrected chi connectivity index (χ0v) is 17.4. The Morgan fingerprint density at radius 2 is 2.00 bits per heavy atom. The smallest absolute Gasteiger partial charge is 0.313 e. The van der Waals surface area contributed by atoms with Crippen LogP contribution in [0.3, 0.4) is 0 Å². The summed E-state index contributed by atoms with van der Waals surface area (Å²) in [7, 11) is 1.37. The number of esters is 1. The summed E-state index contributed by atoms with van der Waals surface area (Å²) in [5, 5.41) is 11.3. The Kier molecular flexibility index (Phi) is 4.41. The van der Waals surface area contributed by atoms with Crippen LogP contribution < -0.4 is 0 Å². The quantitative estimate of drug-likeness (QED) is 0.531. The number of aliphatic hydroxyl groups excluding tert-OH is 1. The molecule has 0 aromatic rings. The number of hydrogen-bond donors (Lipinski definition) is 1. The predicted octanol–water partition coefficient (Wildman–Crippen LogP) is 3.57. The number of carbonyl (C=O) groups is 2. The van der Waals surface area contributed by atoms with E-state index in [0.717, 1.165) is 0 Å². The molecular weight excluding hydrogens is 383 g/mol. The van der Waals surface area contributed by atoms with Gasteiger partial charge in [0.25, 0.3) is 0 Å². The largest absolute Gasteiger partial charge is 0.469 e. The first kappa shape index (κ1) is 20.1. The van der Waals surface area contributed by atoms with Gasteiger partial charge in [0.1, 0.15) is 6.17 Å². The Labute approximate surface area is 170 Å². The molecule has 0 amide bonds. The molecular formula is C22H27ClFO4. The Bertz CT molecular complexity index is 793. The van der Waals surface area contributed by atoms with Gasteiger partial charge < -0.3 is 9.84 Å². The van der Waals surface area contributed by atoms with Crippen LogP contribution in [0.2, 0.25) is 0 Å². The normalized spacial score (nSPS) is 50.5. The lowest BCUT2D eigenvalue weighted by Gasteiger charge is -2.63. The molecule has 153 valence electrons. The first-order valence-corrected chi connectivity index (χ1v) is 10.3. The molecule has 4 rings (SSSR count). The molecule has 4 nitrogen and oxygen atoms in total. The van der Waals surface area contributed by atoms with E-state index in [4.69, 9.17) is 16.3 Å². The number of ether oxygens (including phenoxy) is 1. The van der Waals surface area contributed by atoms with Gasteiger partial charge in [-0.25, -0.2) is 4.39 Å². The van der Waals surface area contributed by atoms with E-state index in [0.29, 0.717) is 24.3 Å². The maximum absolute atomic E-state index is 15.3. The van der Waals surface area contributed by atoms with Crippen LogP contribution in [-0.4, -0.2) is 41.1 Å². The minimum atomic E-state index is -1.30. The van der Waals surface area contributed by atoms with Crippen molar-refractivity contribution in [1.82, 2.24) is 0 Å². The number of ketones is 1. The first-order valence-electron chi connectivity index (χ1n) is 9.92. The lowest BCUT2D eigenvalue weighted by molar-refractivity contribution is -0.144. The van der Waals surface area contributed by atoms with Crippen LogP contribution >= 0.6 is 11.6 Å². The average molecular weight is 410 g/mol. The Morgan fingerprint density at radius 3 is 2.64 bits per heavy atom. The minimum Gasteiger partial charge on any atom is -0.469 e. The molecule has 8 atom stereocenters. The second kappa shape index (κ2) is 6.15. The zero-order valence-electron chi connectivity index (χ0n) is 16.7. The number of alkyl halides is 2. The highest BCUT2D eigenvalue weighted by atomic mass is 35.5. The van der Waals surface area contributed by atoms with Crippen molar-refractivity contribution in [3.05, 3.63) is 29.7 Å². The highest BCUT2D eigenvalue weighted by Crippen LogP contribution is 2.71. The second-order valence-electron chi connectivity index (χ2n) is 9.40. The van der Waals surface area contributed by atoms with Gasteiger partial charge in [-0.15, -0.1) is 11.6 Å². The number of fused-ring (bicyclic) bond motifs is 5. The number of aliphatic hydroxyl groups is 1. The molecule has 4 aliphatic carbocycles. The van der Waals surface area contributed by atoms with E-state index in [1.165, 1.54) is 19.3 Å². The van der Waals surface area contributed by atoms with E-state index < -0.39 is 28.0 Å². The lowest BCUT2D eigenvalue weighted by atomic mass is 9.46. The zero-order chi connectivity index (χ0) is 20.6. The third kappa shape index (κ3) is 2.26. The van der Waals surface area contributed by atoms with Crippen LogP contribution in [0.1, 0.15) is 40.0 Å². The molecule has 3 fully saturated rings. The monoisotopic (exact) mass is 409 g/mol. The molecule has 1 N–H and O–H groups in total. The number of carbonyl (C=O) groups excluding carboxylic acids is 2. The van der Waals surface area contributed by atoms with E-state index in [-0.39, 0.29) is 35.9 Å². The molecule has 28 heavy (non-hydrogen) atoms. The lowest BCUT2D eigenvalue weighted by Crippen LogP contribution is -2.67. The van der Waals surface area contributed by atoms with E-state index in [9.17, 15) is 14.7 Å². The fraction of sp³-hybridized carbons (Fsp3) is 0.682. The van der Waals surface area contributed by atoms with Crippen LogP contribution in [-0.2, 0) is 14.3 Å². The fourth-order valence-electron chi connectivity index (χ4n) is 6.90. The van der Waals surface area contributed by atoms with Crippen molar-refractivity contribution in [2.75, 3.05) is 7.11 Å². The summed E-state index contributed by atoms with van der Waals surface area (Å²) >= 11 is 7.25. The van der Waals surface area contributed by atoms with Crippen LogP contribution in [0, 0.1) is 34.5 Å². The van der Waals surface area contributed by atoms with Crippen molar-refractivity contribution in [3.63, 3.8) is 0 Å². The molecule has 0 heterocycles. The van der Waals surface area contributed by atoms with Gasteiger partial charge in [-0.3, -0.25) is 9.59 Å². The predicted molar refractivity (Wildman–Crippen MR) is 103 cm³/mol. The topological polar surface area (TPSA) is 63.6 Å². The summed E-state index contributed by atoms with van der Waals surface area (Å²) in [6.07, 6.45) is 3.34. The SMILES string of the molecule is COC(=O)[C]1[C@H](C)CC2C3C[C@H](F)C4=CC(=O)C=C[C@]4(C)[C@@]3(Cl)[C@@H](O)C[C@@]12C. The van der Waals surface area contributed by atoms with Gasteiger partial charge in [-0.2, -0.15) is 0 Å². The second-order valence-corrected chi connectivity index (χ2v) is 10.0. The van der Waals surface area contributed by atoms with Gasteiger partial charge in [-0.1, -0.05) is 26.8 Å². The molecule has 6 heteroatoms. The van der Waals surface area contributed by atoms with Crippen LogP contribution in [0.4, 0.5) is 4.39 Å². The molecule has 0 saturated heterocycles. The maximum atomic E-state index is 15.3. The van der Waals surface area contributed by atoms with E-state index in [1.54, 1.807) is 6.08 Å². The molecule has 0 bridgehead atoms. The van der Waals surface area contributed by atoms with Crippen molar-refractivity contribution in [3.8, 4) is 0 Å². The van der Waals surface area contributed by atoms with Gasteiger partial charge in [-0.05, 0) is 60.2 Å². The highest BCUT2D eigenvalue weighted by Gasteiger charge is 2.72. The van der Waals surface area contributed by atoms with Crippen LogP contribution in [0.25, 0.3) is 0 Å². The molecule has 0 aromatic heterocycles. The number of hydrogen-bond acceptors (Lipinski definition) is 4. The molecule has 2 unspecified atom stereocenters. The summed E-state index contributed by atoms with van der Waals surface area (Å²) in [6, 6.07) is 0. The van der Waals surface area contributed by atoms with Gasteiger partial charge in [0, 0.05) is 5.41 Å². The molecule has 3 saturated carbocycles. The van der Waals surface area contributed by atoms with Gasteiger partial charge >= 0.3 is 5.97 Å². The Morgan fingerprint density at radius 1 is 1.32 bits per heavy atom. The number of methoxy groups -OCH3 is 1. The van der Waals surface area contributed by atoms with Crippen molar-refractivity contribution >= 4 is 23.4 Å². The molecule has 1 radical (unpaired) electrons. The standard InChI is InChI=1S/C22H27ClFO4/c1-11-7-13-14-9-16(24)15-8-12(25)5-6-21(15,3)22(14,23)17(26)10-20(13,2)18(11)19(27)28-4/h5-6,8,11,13-14,16-17,26H,7,9-10H2,1-4H3/t11-,13?,14?,16+,17+,20-,21+,22+/m1/s1. The van der Waals surface area contributed by atoms with Gasteiger partial charge in [0.15, 0.2) is 5.78 Å². The van der Waals surface area contributed by atoms with Crippen molar-refractivity contribution in [2.45, 2.75) is 57.2 Å². The van der Waals surface area contributed by atoms with E-state index >= 15 is 4.39 Å². The van der Waals surface area contributed by atoms with E-state index in [2.05, 4.69) is 0 Å². The first-order chi connectivity index (χ1) is 13.0. The third-order valence-electron chi connectivity index (χ3n) is 8.14. The van der Waals surface area contributed by atoms with Crippen molar-refractivity contribution < 1.29 is 23.8 Å². The average Bonchev–Trinajstić information content (AvgIpc) is 2.89. The summed E-state index contributed by atoms with van der Waals surface area (Å²) < 4.78 is 20.3. The molecule has 0 spiro atoms. The molecule has 4 aliphatic rings. The molecule has 0 aliphatic heterocycles. The number of halogens is 2. The van der Waals surface area contributed by atoms with Crippen LogP contribution in [0.5, 0.6) is 0 Å². The Balaban J connectivity index is 1.84. The highest BCUT2D eigenvalue weighted by molar-refractivity contribution is 6.26. The summed E-state index contributed by atoms with van der Waals surface area (Å²) in [5.74, 6) is -0.314. The van der Waals surface area contributed by atoms with Crippen molar-refractivity contribution in [1.29, 1.82) is 0 Å². The summed E-state index contributed by atoms with van der Waals surface area (Å²) in [4.78, 5) is 23.3. The number of allylic oxidation sites excluding steroid dienone is 4. The van der Waals surface area contributed by atoms with Gasteiger partial charge in [0.05, 0.1) is 24.0 Å². The summed E-state index contributed by atoms with van der Waals surface area (Å²) in [6.45, 7) is 5.79. The fourth-order valence-corrected chi connectivity index (χ4v) is 7.39. The summed E-state index contributed by atoms with van der Waals surface area (Å²) in [5.41, 5.74) is -1.18. The van der Waals surface area contributed by atoms with Crippen LogP contribution in [0.15, 0.2) is 23.8 Å². The Hall–Kier alpha value is -1.20. The minimum absolute atomic E-state index is 0.0139. The number of rotatable bonds is 1. The van der Waals surface area contributed by atoms with Gasteiger partial charge in [0.2, 0.25) is 0 Å². The third-order valence-corrected chi connectivity index (χ3v) is 9.06. The molecule has 0 aromatic carbocycles.